The largest absolute Gasteiger partial charge is 0.507 e. The van der Waals surface area contributed by atoms with Crippen LogP contribution in [0.25, 0.3) is 10.8 Å². The lowest BCUT2D eigenvalue weighted by Crippen LogP contribution is -1.89. The molecule has 0 unspecified atom stereocenters. The zero-order chi connectivity index (χ0) is 11.7. The quantitative estimate of drug-likeness (QED) is 0.476. The van der Waals surface area contributed by atoms with E-state index >= 15 is 0 Å². The van der Waals surface area contributed by atoms with E-state index < -0.39 is 4.92 Å². The highest BCUT2D eigenvalue weighted by atomic mass is 16.6. The third-order valence-electron chi connectivity index (χ3n) is 2.27. The van der Waals surface area contributed by atoms with Gasteiger partial charge in [0.1, 0.15) is 16.8 Å². The van der Waals surface area contributed by atoms with Crippen LogP contribution >= 0.6 is 0 Å². The molecule has 0 aliphatic carbocycles. The summed E-state index contributed by atoms with van der Waals surface area (Å²) in [6, 6.07) is 6.73. The van der Waals surface area contributed by atoms with Gasteiger partial charge in [-0.3, -0.25) is 10.1 Å². The van der Waals surface area contributed by atoms with E-state index in [4.69, 9.17) is 0 Å². The first kappa shape index (κ1) is 10.0. The van der Waals surface area contributed by atoms with E-state index in [2.05, 4.69) is 5.18 Å². The molecule has 2 rings (SSSR count). The first-order chi connectivity index (χ1) is 7.65. The minimum Gasteiger partial charge on any atom is -0.507 e. The van der Waals surface area contributed by atoms with Gasteiger partial charge in [0.05, 0.1) is 4.92 Å². The van der Waals surface area contributed by atoms with Crippen LogP contribution in [0.5, 0.6) is 5.75 Å². The minimum atomic E-state index is -0.614. The topological polar surface area (TPSA) is 92.8 Å². The maximum Gasteiger partial charge on any atom is 0.281 e. The summed E-state index contributed by atoms with van der Waals surface area (Å²) in [4.78, 5) is 20.6. The molecule has 1 N–H and O–H groups in total. The second-order valence-electron chi connectivity index (χ2n) is 3.15. The molecule has 16 heavy (non-hydrogen) atoms. The average Bonchev–Trinajstić information content (AvgIpc) is 2.29. The van der Waals surface area contributed by atoms with Crippen molar-refractivity contribution < 1.29 is 10.0 Å². The number of non-ortho nitro benzene ring substituents is 1. The number of benzene rings is 2. The van der Waals surface area contributed by atoms with Gasteiger partial charge in [-0.05, 0) is 17.3 Å². The van der Waals surface area contributed by atoms with Crippen molar-refractivity contribution in [1.29, 1.82) is 0 Å². The smallest absolute Gasteiger partial charge is 0.281 e. The summed E-state index contributed by atoms with van der Waals surface area (Å²) >= 11 is 0. The predicted molar refractivity (Wildman–Crippen MR) is 57.7 cm³/mol. The van der Waals surface area contributed by atoms with Gasteiger partial charge in [-0.25, -0.2) is 0 Å². The lowest BCUT2D eigenvalue weighted by Gasteiger charge is -2.03. The van der Waals surface area contributed by atoms with Crippen LogP contribution in [0.2, 0.25) is 0 Å². The molecular weight excluding hydrogens is 212 g/mol. The number of phenolic OH excluding ortho intramolecular Hbond substituents is 1. The Balaban J connectivity index is 2.97. The molecule has 0 fully saturated rings. The van der Waals surface area contributed by atoms with Crippen LogP contribution < -0.4 is 0 Å². The zero-order valence-corrected chi connectivity index (χ0v) is 7.95. The molecule has 0 amide bonds. The van der Waals surface area contributed by atoms with E-state index in [9.17, 15) is 20.1 Å². The normalized spacial score (nSPS) is 10.2. The SMILES string of the molecule is O=Nc1ccc(O)c2c([N+](=O)[O-])cccc12. The predicted octanol–water partition coefficient (Wildman–Crippen LogP) is 2.85. The van der Waals surface area contributed by atoms with Crippen molar-refractivity contribution in [2.24, 2.45) is 5.18 Å². The van der Waals surface area contributed by atoms with Gasteiger partial charge in [0, 0.05) is 11.5 Å². The zero-order valence-electron chi connectivity index (χ0n) is 7.95. The Morgan fingerprint density at radius 3 is 2.62 bits per heavy atom. The van der Waals surface area contributed by atoms with Gasteiger partial charge in [-0.15, -0.1) is 4.91 Å². The molecule has 0 spiro atoms. The summed E-state index contributed by atoms with van der Waals surface area (Å²) in [6.07, 6.45) is 0. The van der Waals surface area contributed by atoms with Crippen molar-refractivity contribution in [3.63, 3.8) is 0 Å². The summed E-state index contributed by atoms with van der Waals surface area (Å²) in [5.74, 6) is -0.241. The third-order valence-corrected chi connectivity index (χ3v) is 2.27. The third kappa shape index (κ3) is 1.36. The summed E-state index contributed by atoms with van der Waals surface area (Å²) in [6.45, 7) is 0. The lowest BCUT2D eigenvalue weighted by atomic mass is 10.1. The van der Waals surface area contributed by atoms with Crippen molar-refractivity contribution in [3.8, 4) is 5.75 Å². The Morgan fingerprint density at radius 1 is 1.25 bits per heavy atom. The minimum absolute atomic E-state index is 0.0320. The molecule has 6 heteroatoms. The molecule has 2 aromatic carbocycles. The Kier molecular flexibility index (Phi) is 2.24. The molecule has 6 nitrogen and oxygen atoms in total. The summed E-state index contributed by atoms with van der Waals surface area (Å²) in [5, 5.41) is 23.4. The van der Waals surface area contributed by atoms with Gasteiger partial charge in [0.2, 0.25) is 0 Å². The van der Waals surface area contributed by atoms with Crippen LogP contribution in [-0.2, 0) is 0 Å². The lowest BCUT2D eigenvalue weighted by molar-refractivity contribution is -0.383. The second kappa shape index (κ2) is 3.58. The first-order valence-corrected chi connectivity index (χ1v) is 4.37. The van der Waals surface area contributed by atoms with E-state index in [1.165, 1.54) is 30.3 Å². The Bertz CT molecular complexity index is 595. The molecule has 2 aromatic rings. The monoisotopic (exact) mass is 218 g/mol. The molecule has 0 heterocycles. The number of aromatic hydroxyl groups is 1. The van der Waals surface area contributed by atoms with Gasteiger partial charge < -0.3 is 5.11 Å². The molecule has 80 valence electrons. The maximum atomic E-state index is 10.8. The van der Waals surface area contributed by atoms with Crippen molar-refractivity contribution >= 4 is 22.1 Å². The van der Waals surface area contributed by atoms with E-state index in [-0.39, 0.29) is 27.9 Å². The molecular formula is C10H6N2O4. The number of rotatable bonds is 2. The number of hydrogen-bond acceptors (Lipinski definition) is 5. The highest BCUT2D eigenvalue weighted by molar-refractivity contribution is 6.02. The molecule has 0 radical (unpaired) electrons. The van der Waals surface area contributed by atoms with E-state index in [1.807, 2.05) is 0 Å². The molecule has 0 aliphatic heterocycles. The molecule has 0 bridgehead atoms. The van der Waals surface area contributed by atoms with Crippen LogP contribution in [0.3, 0.4) is 0 Å². The number of hydrogen-bond donors (Lipinski definition) is 1. The molecule has 0 aromatic heterocycles. The summed E-state index contributed by atoms with van der Waals surface area (Å²) in [7, 11) is 0. The van der Waals surface area contributed by atoms with Gasteiger partial charge in [-0.2, -0.15) is 0 Å². The molecule has 0 atom stereocenters. The maximum absolute atomic E-state index is 10.8. The summed E-state index contributed by atoms with van der Waals surface area (Å²) < 4.78 is 0. The fourth-order valence-electron chi connectivity index (χ4n) is 1.59. The van der Waals surface area contributed by atoms with Crippen LogP contribution in [-0.4, -0.2) is 10.0 Å². The number of nitro groups is 1. The van der Waals surface area contributed by atoms with Crippen molar-refractivity contribution in [2.75, 3.05) is 0 Å². The molecule has 0 saturated heterocycles. The summed E-state index contributed by atoms with van der Waals surface area (Å²) in [5.41, 5.74) is -0.183. The van der Waals surface area contributed by atoms with E-state index in [0.717, 1.165) is 0 Å². The first-order valence-electron chi connectivity index (χ1n) is 4.37. The molecule has 0 saturated carbocycles. The van der Waals surface area contributed by atoms with Gasteiger partial charge in [0.25, 0.3) is 5.69 Å². The van der Waals surface area contributed by atoms with Crippen molar-refractivity contribution in [2.45, 2.75) is 0 Å². The fraction of sp³-hybridized carbons (Fsp3) is 0. The number of nitrogens with zero attached hydrogens (tertiary/aromatic N) is 2. The Labute approximate surface area is 89.3 Å². The highest BCUT2D eigenvalue weighted by Gasteiger charge is 2.17. The Morgan fingerprint density at radius 2 is 2.00 bits per heavy atom. The van der Waals surface area contributed by atoms with Gasteiger partial charge in [0.15, 0.2) is 0 Å². The van der Waals surface area contributed by atoms with Crippen LogP contribution in [0.4, 0.5) is 11.4 Å². The van der Waals surface area contributed by atoms with Crippen molar-refractivity contribution in [3.05, 3.63) is 45.4 Å². The average molecular weight is 218 g/mol. The van der Waals surface area contributed by atoms with Crippen molar-refractivity contribution in [1.82, 2.24) is 0 Å². The fourth-order valence-corrected chi connectivity index (χ4v) is 1.59. The van der Waals surface area contributed by atoms with Crippen LogP contribution in [0.1, 0.15) is 0 Å². The van der Waals surface area contributed by atoms with Gasteiger partial charge in [-0.1, -0.05) is 12.1 Å². The number of nitroso groups, excluding NO2 is 1. The molecule has 0 aliphatic rings. The van der Waals surface area contributed by atoms with E-state index in [1.54, 1.807) is 0 Å². The standard InChI is InChI=1S/C10H6N2O4/c13-9-5-4-7(11-14)6-2-1-3-8(10(6)9)12(15)16/h1-5,13H. The Hall–Kier alpha value is -2.50. The number of fused-ring (bicyclic) bond motifs is 1. The van der Waals surface area contributed by atoms with Crippen LogP contribution in [0.15, 0.2) is 35.5 Å². The number of nitro benzene ring substituents is 1. The second-order valence-corrected chi connectivity index (χ2v) is 3.15. The van der Waals surface area contributed by atoms with E-state index in [0.29, 0.717) is 0 Å². The highest BCUT2D eigenvalue weighted by Crippen LogP contribution is 2.38. The number of phenols is 1. The van der Waals surface area contributed by atoms with Crippen LogP contribution in [0, 0.1) is 15.0 Å². The van der Waals surface area contributed by atoms with Gasteiger partial charge >= 0.3 is 0 Å².